The van der Waals surface area contributed by atoms with Gasteiger partial charge in [-0.2, -0.15) is 5.26 Å². The molecule has 0 spiro atoms. The summed E-state index contributed by atoms with van der Waals surface area (Å²) < 4.78 is 1.98. The van der Waals surface area contributed by atoms with Gasteiger partial charge in [0.25, 0.3) is 0 Å². The van der Waals surface area contributed by atoms with Crippen LogP contribution in [0.1, 0.15) is 16.8 Å². The molecule has 136 valence electrons. The van der Waals surface area contributed by atoms with Crippen LogP contribution in [0.25, 0.3) is 28.6 Å². The molecule has 0 saturated carbocycles. The molecule has 0 atom stereocenters. The highest BCUT2D eigenvalue weighted by molar-refractivity contribution is 6.31. The number of hydrogen-bond acceptors (Lipinski definition) is 2. The molecular formula is C23H15Cl2N3. The van der Waals surface area contributed by atoms with Gasteiger partial charge in [0.05, 0.1) is 23.0 Å². The van der Waals surface area contributed by atoms with Gasteiger partial charge >= 0.3 is 0 Å². The molecule has 5 heteroatoms. The summed E-state index contributed by atoms with van der Waals surface area (Å²) >= 11 is 12.2. The van der Waals surface area contributed by atoms with E-state index in [2.05, 4.69) is 6.07 Å². The van der Waals surface area contributed by atoms with Crippen molar-refractivity contribution in [3.63, 3.8) is 0 Å². The monoisotopic (exact) mass is 403 g/mol. The number of hydrogen-bond donors (Lipinski definition) is 0. The lowest BCUT2D eigenvalue weighted by molar-refractivity contribution is 1.15. The Bertz CT molecular complexity index is 1250. The van der Waals surface area contributed by atoms with Gasteiger partial charge in [-0.3, -0.25) is 4.40 Å². The Labute approximate surface area is 173 Å². The number of aryl methyl sites for hydroxylation is 1. The summed E-state index contributed by atoms with van der Waals surface area (Å²) in [6.07, 6.45) is 3.82. The molecule has 0 amide bonds. The van der Waals surface area contributed by atoms with Crippen molar-refractivity contribution < 1.29 is 0 Å². The highest BCUT2D eigenvalue weighted by atomic mass is 35.5. The molecule has 0 bridgehead atoms. The zero-order valence-electron chi connectivity index (χ0n) is 15.0. The maximum Gasteiger partial charge on any atom is 0.138 e. The summed E-state index contributed by atoms with van der Waals surface area (Å²) in [6, 6.07) is 21.1. The third-order valence-corrected chi connectivity index (χ3v) is 4.96. The van der Waals surface area contributed by atoms with E-state index in [1.165, 1.54) is 0 Å². The van der Waals surface area contributed by atoms with Crippen molar-refractivity contribution in [1.29, 1.82) is 5.26 Å². The van der Waals surface area contributed by atoms with Crippen molar-refractivity contribution in [3.8, 4) is 17.3 Å². The first-order chi connectivity index (χ1) is 13.5. The van der Waals surface area contributed by atoms with Crippen LogP contribution in [0.5, 0.6) is 0 Å². The lowest BCUT2D eigenvalue weighted by atomic mass is 10.0. The summed E-state index contributed by atoms with van der Waals surface area (Å²) in [6.45, 7) is 2.03. The van der Waals surface area contributed by atoms with Gasteiger partial charge in [-0.25, -0.2) is 4.98 Å². The summed E-state index contributed by atoms with van der Waals surface area (Å²) in [5.41, 5.74) is 5.76. The number of aromatic nitrogens is 2. The molecule has 2 aromatic carbocycles. The second-order valence-corrected chi connectivity index (χ2v) is 7.34. The van der Waals surface area contributed by atoms with E-state index in [1.54, 1.807) is 12.1 Å². The molecule has 2 aromatic heterocycles. The van der Waals surface area contributed by atoms with Crippen molar-refractivity contribution in [2.45, 2.75) is 6.92 Å². The molecule has 0 radical (unpaired) electrons. The van der Waals surface area contributed by atoms with Gasteiger partial charge in [0, 0.05) is 21.8 Å². The standard InChI is InChI=1S/C23H15Cl2N3/c1-15-9-10-28-21(13-18(14-26)17-3-2-4-20(25)12-17)23(27-22(28)11-15)16-5-7-19(24)8-6-16/h2-13H,1H3/b18-13+. The Hall–Kier alpha value is -3.06. The lowest BCUT2D eigenvalue weighted by Gasteiger charge is -2.04. The van der Waals surface area contributed by atoms with E-state index in [4.69, 9.17) is 28.2 Å². The molecule has 2 heterocycles. The summed E-state index contributed by atoms with van der Waals surface area (Å²) in [5.74, 6) is 0. The number of allylic oxidation sites excluding steroid dienone is 1. The van der Waals surface area contributed by atoms with Crippen LogP contribution in [0.2, 0.25) is 10.0 Å². The first-order valence-corrected chi connectivity index (χ1v) is 9.43. The Morgan fingerprint density at radius 2 is 1.82 bits per heavy atom. The fourth-order valence-electron chi connectivity index (χ4n) is 3.10. The fourth-order valence-corrected chi connectivity index (χ4v) is 3.41. The van der Waals surface area contributed by atoms with Gasteiger partial charge in [0.15, 0.2) is 0 Å². The maximum absolute atomic E-state index is 9.77. The molecule has 0 unspecified atom stereocenters. The Morgan fingerprint density at radius 3 is 2.54 bits per heavy atom. The quantitative estimate of drug-likeness (QED) is 0.357. The first-order valence-electron chi connectivity index (χ1n) is 8.67. The van der Waals surface area contributed by atoms with E-state index in [-0.39, 0.29) is 0 Å². The van der Waals surface area contributed by atoms with Crippen LogP contribution in [0.3, 0.4) is 0 Å². The molecule has 0 fully saturated rings. The van der Waals surface area contributed by atoms with E-state index < -0.39 is 0 Å². The molecule has 4 rings (SSSR count). The molecule has 0 N–H and O–H groups in total. The number of imidazole rings is 1. The minimum absolute atomic E-state index is 0.514. The highest BCUT2D eigenvalue weighted by Gasteiger charge is 2.14. The zero-order valence-corrected chi connectivity index (χ0v) is 16.5. The molecule has 0 saturated heterocycles. The van der Waals surface area contributed by atoms with Gasteiger partial charge in [-0.15, -0.1) is 0 Å². The average molecular weight is 404 g/mol. The number of fused-ring (bicyclic) bond motifs is 1. The molecule has 0 aliphatic carbocycles. The predicted molar refractivity (Wildman–Crippen MR) is 115 cm³/mol. The normalized spacial score (nSPS) is 11.6. The highest BCUT2D eigenvalue weighted by Crippen LogP contribution is 2.30. The third kappa shape index (κ3) is 3.53. The lowest BCUT2D eigenvalue weighted by Crippen LogP contribution is -1.91. The number of nitrogens with zero attached hydrogens (tertiary/aromatic N) is 3. The molecule has 28 heavy (non-hydrogen) atoms. The van der Waals surface area contributed by atoms with E-state index in [9.17, 15) is 5.26 Å². The van der Waals surface area contributed by atoms with E-state index >= 15 is 0 Å². The first kappa shape index (κ1) is 18.3. The SMILES string of the molecule is Cc1ccn2c(/C=C(\C#N)c3cccc(Cl)c3)c(-c3ccc(Cl)cc3)nc2c1. The number of rotatable bonds is 3. The van der Waals surface area contributed by atoms with Crippen molar-refractivity contribution in [3.05, 3.63) is 93.7 Å². The van der Waals surface area contributed by atoms with Gasteiger partial charge in [0.1, 0.15) is 5.65 Å². The van der Waals surface area contributed by atoms with Crippen molar-refractivity contribution in [1.82, 2.24) is 9.38 Å². The number of benzene rings is 2. The van der Waals surface area contributed by atoms with Gasteiger partial charge in [0.2, 0.25) is 0 Å². The van der Waals surface area contributed by atoms with Gasteiger partial charge in [-0.05, 0) is 60.5 Å². The summed E-state index contributed by atoms with van der Waals surface area (Å²) in [5, 5.41) is 11.0. The Kier molecular flexibility index (Phi) is 4.92. The van der Waals surface area contributed by atoms with Gasteiger partial charge < -0.3 is 0 Å². The predicted octanol–water partition coefficient (Wildman–Crippen LogP) is 6.68. The van der Waals surface area contributed by atoms with Crippen LogP contribution < -0.4 is 0 Å². The number of pyridine rings is 1. The Balaban J connectivity index is 1.97. The molecule has 4 aromatic rings. The van der Waals surface area contributed by atoms with Crippen LogP contribution in [0, 0.1) is 18.3 Å². The van der Waals surface area contributed by atoms with Gasteiger partial charge in [-0.1, -0.05) is 47.5 Å². The van der Waals surface area contributed by atoms with Crippen molar-refractivity contribution in [2.75, 3.05) is 0 Å². The Morgan fingerprint density at radius 1 is 1.04 bits per heavy atom. The zero-order chi connectivity index (χ0) is 19.7. The smallest absolute Gasteiger partial charge is 0.138 e. The van der Waals surface area contributed by atoms with E-state index in [1.807, 2.05) is 72.1 Å². The van der Waals surface area contributed by atoms with Crippen LogP contribution in [0.15, 0.2) is 66.9 Å². The van der Waals surface area contributed by atoms with Crippen LogP contribution in [-0.4, -0.2) is 9.38 Å². The third-order valence-electron chi connectivity index (χ3n) is 4.47. The maximum atomic E-state index is 9.77. The largest absolute Gasteiger partial charge is 0.300 e. The van der Waals surface area contributed by atoms with Crippen LogP contribution in [-0.2, 0) is 0 Å². The molecular weight excluding hydrogens is 389 g/mol. The van der Waals surface area contributed by atoms with Crippen molar-refractivity contribution >= 4 is 40.5 Å². The minimum atomic E-state index is 0.514. The second kappa shape index (κ2) is 7.52. The topological polar surface area (TPSA) is 41.1 Å². The summed E-state index contributed by atoms with van der Waals surface area (Å²) in [4.78, 5) is 4.81. The molecule has 3 nitrogen and oxygen atoms in total. The second-order valence-electron chi connectivity index (χ2n) is 6.47. The van der Waals surface area contributed by atoms with Crippen molar-refractivity contribution in [2.24, 2.45) is 0 Å². The van der Waals surface area contributed by atoms with Crippen LogP contribution >= 0.6 is 23.2 Å². The van der Waals surface area contributed by atoms with E-state index in [0.29, 0.717) is 15.6 Å². The molecule has 0 aliphatic rings. The minimum Gasteiger partial charge on any atom is -0.300 e. The summed E-state index contributed by atoms with van der Waals surface area (Å²) in [7, 11) is 0. The fraction of sp³-hybridized carbons (Fsp3) is 0.0435. The van der Waals surface area contributed by atoms with E-state index in [0.717, 1.165) is 33.7 Å². The van der Waals surface area contributed by atoms with Crippen LogP contribution in [0.4, 0.5) is 0 Å². The number of nitriles is 1. The molecule has 0 aliphatic heterocycles. The number of halogens is 2. The average Bonchev–Trinajstić information content (AvgIpc) is 3.04.